The number of para-hydroxylation sites is 1. The van der Waals surface area contributed by atoms with Crippen molar-refractivity contribution in [3.8, 4) is 11.5 Å². The lowest BCUT2D eigenvalue weighted by molar-refractivity contribution is -0.275. The Hall–Kier alpha value is -3.04. The molecule has 0 spiro atoms. The number of nitrogens with one attached hydrogen (secondary N) is 1. The summed E-state index contributed by atoms with van der Waals surface area (Å²) in [6.45, 7) is 2.36. The van der Waals surface area contributed by atoms with Crippen LogP contribution >= 0.6 is 0 Å². The number of rotatable bonds is 2. The number of carbonyl (C=O) groups excluding carboxylic acids is 1. The fourth-order valence-electron chi connectivity index (χ4n) is 3.34. The zero-order valence-electron chi connectivity index (χ0n) is 16.7. The molecular formula is C21H23F4N3O3. The van der Waals surface area contributed by atoms with Crippen LogP contribution in [-0.4, -0.2) is 42.0 Å². The third-order valence-corrected chi connectivity index (χ3v) is 4.80. The monoisotopic (exact) mass is 441 g/mol. The van der Waals surface area contributed by atoms with Crippen molar-refractivity contribution in [2.45, 2.75) is 38.1 Å². The summed E-state index contributed by atoms with van der Waals surface area (Å²) in [7, 11) is 0. The van der Waals surface area contributed by atoms with E-state index in [1.54, 1.807) is 6.20 Å². The van der Waals surface area contributed by atoms with E-state index in [0.29, 0.717) is 6.61 Å². The van der Waals surface area contributed by atoms with Gasteiger partial charge in [-0.3, -0.25) is 4.98 Å². The highest BCUT2D eigenvalue weighted by Gasteiger charge is 2.32. The van der Waals surface area contributed by atoms with Crippen LogP contribution in [0.5, 0.6) is 11.5 Å². The third kappa shape index (κ3) is 6.73. The van der Waals surface area contributed by atoms with Crippen LogP contribution in [0.2, 0.25) is 0 Å². The first kappa shape index (κ1) is 22.6. The fourth-order valence-corrected chi connectivity index (χ4v) is 3.34. The van der Waals surface area contributed by atoms with Gasteiger partial charge < -0.3 is 19.7 Å². The summed E-state index contributed by atoms with van der Waals surface area (Å²) in [5.74, 6) is -1.06. The van der Waals surface area contributed by atoms with Gasteiger partial charge in [0, 0.05) is 25.7 Å². The average molecular weight is 441 g/mol. The van der Waals surface area contributed by atoms with E-state index in [1.807, 2.05) is 17.0 Å². The maximum absolute atomic E-state index is 12.5. The minimum Gasteiger partial charge on any atom is -0.491 e. The number of pyridine rings is 1. The minimum absolute atomic E-state index is 0.0284. The van der Waals surface area contributed by atoms with Gasteiger partial charge in [0.25, 0.3) is 0 Å². The summed E-state index contributed by atoms with van der Waals surface area (Å²) in [5, 5.41) is 3.09. The molecule has 2 amide bonds. The van der Waals surface area contributed by atoms with Crippen molar-refractivity contribution in [3.63, 3.8) is 0 Å². The molecule has 4 rings (SSSR count). The molecule has 6 nitrogen and oxygen atoms in total. The number of fused-ring (bicyclic) bond motifs is 1. The van der Waals surface area contributed by atoms with E-state index in [-0.39, 0.29) is 12.1 Å². The molecule has 3 heterocycles. The van der Waals surface area contributed by atoms with Gasteiger partial charge in [-0.05, 0) is 43.5 Å². The van der Waals surface area contributed by atoms with Crippen molar-refractivity contribution in [2.75, 3.05) is 19.7 Å². The number of ether oxygens (including phenoxy) is 2. The molecule has 1 unspecified atom stereocenters. The maximum atomic E-state index is 12.5. The van der Waals surface area contributed by atoms with Crippen molar-refractivity contribution >= 4 is 6.03 Å². The number of likely N-dealkylation sites (tertiary alicyclic amines) is 1. The molecule has 2 aliphatic rings. The number of carbonyl (C=O) groups is 1. The van der Waals surface area contributed by atoms with Gasteiger partial charge >= 0.3 is 12.4 Å². The van der Waals surface area contributed by atoms with Crippen LogP contribution in [-0.2, 0) is 0 Å². The van der Waals surface area contributed by atoms with Gasteiger partial charge in [0.2, 0.25) is 0 Å². The van der Waals surface area contributed by atoms with Crippen molar-refractivity contribution in [2.24, 2.45) is 0 Å². The molecule has 1 N–H and O–H groups in total. The van der Waals surface area contributed by atoms with E-state index in [0.717, 1.165) is 55.9 Å². The predicted molar refractivity (Wildman–Crippen MR) is 104 cm³/mol. The Morgan fingerprint density at radius 3 is 2.58 bits per heavy atom. The van der Waals surface area contributed by atoms with Crippen molar-refractivity contribution in [1.82, 2.24) is 15.2 Å². The summed E-state index contributed by atoms with van der Waals surface area (Å²) >= 11 is 0. The van der Waals surface area contributed by atoms with E-state index < -0.39 is 17.9 Å². The lowest BCUT2D eigenvalue weighted by atomic mass is 10.1. The summed E-state index contributed by atoms with van der Waals surface area (Å²) in [5.41, 5.74) is 0.846. The second kappa shape index (κ2) is 10.3. The highest BCUT2D eigenvalue weighted by atomic mass is 19.4. The van der Waals surface area contributed by atoms with E-state index in [1.165, 1.54) is 18.6 Å². The summed E-state index contributed by atoms with van der Waals surface area (Å²) in [6, 6.07) is 8.09. The van der Waals surface area contributed by atoms with Crippen LogP contribution in [0.15, 0.2) is 42.6 Å². The molecule has 0 aliphatic carbocycles. The molecule has 1 saturated heterocycles. The summed E-state index contributed by atoms with van der Waals surface area (Å²) in [6.07, 6.45) is 1.12. The van der Waals surface area contributed by atoms with E-state index in [2.05, 4.69) is 15.0 Å². The molecule has 0 radical (unpaired) electrons. The molecule has 10 heteroatoms. The summed E-state index contributed by atoms with van der Waals surface area (Å²) < 4.78 is 56.0. The number of nitrogens with zero attached hydrogens (tertiary/aromatic N) is 2. The van der Waals surface area contributed by atoms with Crippen LogP contribution in [0.25, 0.3) is 0 Å². The second-order valence-electron chi connectivity index (χ2n) is 7.05. The van der Waals surface area contributed by atoms with Crippen LogP contribution < -0.4 is 14.8 Å². The van der Waals surface area contributed by atoms with Crippen molar-refractivity contribution in [1.29, 1.82) is 0 Å². The predicted octanol–water partition coefficient (Wildman–Crippen LogP) is 4.83. The molecule has 1 atom stereocenters. The minimum atomic E-state index is -4.85. The number of hydrogen-bond acceptors (Lipinski definition) is 4. The lowest BCUT2D eigenvalue weighted by Gasteiger charge is -2.31. The quantitative estimate of drug-likeness (QED) is 0.679. The number of halogens is 4. The van der Waals surface area contributed by atoms with Gasteiger partial charge in [-0.2, -0.15) is 0 Å². The highest BCUT2D eigenvalue weighted by molar-refractivity contribution is 5.75. The average Bonchev–Trinajstić information content (AvgIpc) is 2.76. The molecule has 0 saturated carbocycles. The first-order valence-electron chi connectivity index (χ1n) is 9.97. The number of urea groups is 1. The van der Waals surface area contributed by atoms with Crippen LogP contribution in [0, 0.1) is 5.82 Å². The molecule has 1 aromatic carbocycles. The first-order valence-corrected chi connectivity index (χ1v) is 9.97. The molecule has 1 fully saturated rings. The van der Waals surface area contributed by atoms with Crippen LogP contribution in [0.1, 0.15) is 37.4 Å². The second-order valence-corrected chi connectivity index (χ2v) is 7.05. The Morgan fingerprint density at radius 2 is 1.87 bits per heavy atom. The number of amides is 2. The SMILES string of the molecule is Fc1ccccc1OC(F)(F)F.O=C(NC1CCOc2cccnc21)N1CCCCC1. The topological polar surface area (TPSA) is 63.7 Å². The molecule has 1 aromatic heterocycles. The van der Waals surface area contributed by atoms with Crippen molar-refractivity contribution in [3.05, 3.63) is 54.1 Å². The van der Waals surface area contributed by atoms with Crippen LogP contribution in [0.4, 0.5) is 22.4 Å². The molecular weight excluding hydrogens is 418 g/mol. The van der Waals surface area contributed by atoms with Gasteiger partial charge in [0.15, 0.2) is 11.6 Å². The van der Waals surface area contributed by atoms with Gasteiger partial charge in [-0.1, -0.05) is 12.1 Å². The molecule has 2 aliphatic heterocycles. The molecule has 31 heavy (non-hydrogen) atoms. The Morgan fingerprint density at radius 1 is 1.13 bits per heavy atom. The zero-order chi connectivity index (χ0) is 22.3. The van der Waals surface area contributed by atoms with Gasteiger partial charge in [-0.15, -0.1) is 13.2 Å². The molecule has 2 aromatic rings. The molecule has 0 bridgehead atoms. The number of hydrogen-bond donors (Lipinski definition) is 1. The van der Waals surface area contributed by atoms with Gasteiger partial charge in [0.05, 0.1) is 12.6 Å². The first-order chi connectivity index (χ1) is 14.8. The van der Waals surface area contributed by atoms with E-state index in [4.69, 9.17) is 4.74 Å². The molecule has 168 valence electrons. The Kier molecular flexibility index (Phi) is 7.54. The van der Waals surface area contributed by atoms with E-state index >= 15 is 0 Å². The fraction of sp³-hybridized carbons (Fsp3) is 0.429. The Labute approximate surface area is 177 Å². The van der Waals surface area contributed by atoms with Crippen molar-refractivity contribution < 1.29 is 31.8 Å². The zero-order valence-corrected chi connectivity index (χ0v) is 16.7. The largest absolute Gasteiger partial charge is 0.573 e. The lowest BCUT2D eigenvalue weighted by Crippen LogP contribution is -2.45. The summed E-state index contributed by atoms with van der Waals surface area (Å²) in [4.78, 5) is 18.5. The highest BCUT2D eigenvalue weighted by Crippen LogP contribution is 2.29. The maximum Gasteiger partial charge on any atom is 0.573 e. The smallest absolute Gasteiger partial charge is 0.491 e. The third-order valence-electron chi connectivity index (χ3n) is 4.80. The number of benzene rings is 1. The van der Waals surface area contributed by atoms with E-state index in [9.17, 15) is 22.4 Å². The Balaban J connectivity index is 0.000000196. The normalized spacial score (nSPS) is 18.1. The van der Waals surface area contributed by atoms with Gasteiger partial charge in [0.1, 0.15) is 11.4 Å². The Bertz CT molecular complexity index is 873. The number of alkyl halides is 3. The standard InChI is InChI=1S/C14H19N3O2.C7H4F4O/c18-14(17-8-2-1-3-9-17)16-11-6-10-19-12-5-4-7-15-13(11)12;8-5-3-1-2-4-6(5)12-7(9,10)11/h4-5,7,11H,1-3,6,8-10H2,(H,16,18);1-4H. The van der Waals surface area contributed by atoms with Gasteiger partial charge in [-0.25, -0.2) is 9.18 Å². The number of piperidine rings is 1. The van der Waals surface area contributed by atoms with Crippen LogP contribution in [0.3, 0.4) is 0 Å². The number of aromatic nitrogens is 1.